The van der Waals surface area contributed by atoms with Crippen molar-refractivity contribution in [1.82, 2.24) is 4.90 Å². The molecule has 3 rings (SSSR count). The molecule has 1 aliphatic rings. The molecular formula is C22H29NO3. The molecule has 4 heteroatoms. The monoisotopic (exact) mass is 355 g/mol. The summed E-state index contributed by atoms with van der Waals surface area (Å²) in [5, 5.41) is 0. The number of nitrogens with zero attached hydrogens (tertiary/aromatic N) is 1. The van der Waals surface area contributed by atoms with E-state index in [1.54, 1.807) is 7.11 Å². The van der Waals surface area contributed by atoms with Crippen molar-refractivity contribution < 1.29 is 14.2 Å². The summed E-state index contributed by atoms with van der Waals surface area (Å²) in [6.07, 6.45) is 1.34. The molecule has 0 aromatic heterocycles. The number of methoxy groups -OCH3 is 1. The van der Waals surface area contributed by atoms with Crippen LogP contribution in [-0.2, 0) is 11.3 Å². The molecule has 0 saturated carbocycles. The van der Waals surface area contributed by atoms with Crippen LogP contribution in [0.15, 0.2) is 42.5 Å². The van der Waals surface area contributed by atoms with Crippen LogP contribution in [0.2, 0.25) is 0 Å². The van der Waals surface area contributed by atoms with E-state index < -0.39 is 0 Å². The first kappa shape index (κ1) is 18.7. The molecule has 0 spiro atoms. The van der Waals surface area contributed by atoms with E-state index >= 15 is 0 Å². The van der Waals surface area contributed by atoms with Gasteiger partial charge in [0.2, 0.25) is 0 Å². The molecule has 1 saturated heterocycles. The lowest BCUT2D eigenvalue weighted by Gasteiger charge is -2.33. The lowest BCUT2D eigenvalue weighted by Crippen LogP contribution is -2.38. The third-order valence-electron chi connectivity index (χ3n) is 4.82. The first-order valence-electron chi connectivity index (χ1n) is 9.40. The zero-order valence-electron chi connectivity index (χ0n) is 16.0. The Bertz CT molecular complexity index is 714. The van der Waals surface area contributed by atoms with Crippen molar-refractivity contribution in [2.45, 2.75) is 33.0 Å². The van der Waals surface area contributed by atoms with Crippen LogP contribution < -0.4 is 9.47 Å². The summed E-state index contributed by atoms with van der Waals surface area (Å²) in [6, 6.07) is 14.3. The molecule has 0 amide bonds. The van der Waals surface area contributed by atoms with Gasteiger partial charge in [0.25, 0.3) is 0 Å². The highest BCUT2D eigenvalue weighted by Crippen LogP contribution is 2.28. The molecule has 2 aromatic carbocycles. The fourth-order valence-electron chi connectivity index (χ4n) is 3.44. The SMILES string of the molecule is CCCN1CCOC(c2ccc(OCc3cccc(OC)c3)cc2C)C1. The Balaban J connectivity index is 1.63. The Hall–Kier alpha value is -2.04. The maximum absolute atomic E-state index is 6.02. The van der Waals surface area contributed by atoms with Gasteiger partial charge in [-0.15, -0.1) is 0 Å². The Morgan fingerprint density at radius 1 is 1.15 bits per heavy atom. The fourth-order valence-corrected chi connectivity index (χ4v) is 3.44. The second-order valence-electron chi connectivity index (χ2n) is 6.82. The molecule has 0 radical (unpaired) electrons. The topological polar surface area (TPSA) is 30.9 Å². The molecule has 140 valence electrons. The van der Waals surface area contributed by atoms with Gasteiger partial charge in [-0.3, -0.25) is 4.90 Å². The molecule has 1 aliphatic heterocycles. The summed E-state index contributed by atoms with van der Waals surface area (Å²) in [4.78, 5) is 2.49. The average molecular weight is 355 g/mol. The normalized spacial score (nSPS) is 17.9. The van der Waals surface area contributed by atoms with Gasteiger partial charge >= 0.3 is 0 Å². The van der Waals surface area contributed by atoms with Crippen molar-refractivity contribution in [3.8, 4) is 11.5 Å². The largest absolute Gasteiger partial charge is 0.497 e. The van der Waals surface area contributed by atoms with E-state index in [0.29, 0.717) is 6.61 Å². The fraction of sp³-hybridized carbons (Fsp3) is 0.455. The van der Waals surface area contributed by atoms with Gasteiger partial charge in [0.15, 0.2) is 0 Å². The van der Waals surface area contributed by atoms with Gasteiger partial charge in [0.1, 0.15) is 18.1 Å². The molecule has 0 aliphatic carbocycles. The van der Waals surface area contributed by atoms with E-state index in [2.05, 4.69) is 30.9 Å². The van der Waals surface area contributed by atoms with Gasteiger partial charge in [-0.2, -0.15) is 0 Å². The van der Waals surface area contributed by atoms with Crippen molar-refractivity contribution in [3.05, 3.63) is 59.2 Å². The van der Waals surface area contributed by atoms with E-state index in [4.69, 9.17) is 14.2 Å². The molecule has 0 bridgehead atoms. The lowest BCUT2D eigenvalue weighted by molar-refractivity contribution is -0.0301. The molecule has 2 aromatic rings. The molecule has 1 heterocycles. The zero-order chi connectivity index (χ0) is 18.4. The minimum absolute atomic E-state index is 0.155. The maximum Gasteiger partial charge on any atom is 0.120 e. The lowest BCUT2D eigenvalue weighted by atomic mass is 10.0. The van der Waals surface area contributed by atoms with Crippen LogP contribution in [0.1, 0.15) is 36.1 Å². The smallest absolute Gasteiger partial charge is 0.120 e. The number of hydrogen-bond acceptors (Lipinski definition) is 4. The Morgan fingerprint density at radius 3 is 2.81 bits per heavy atom. The molecule has 1 atom stereocenters. The van der Waals surface area contributed by atoms with E-state index in [-0.39, 0.29) is 6.10 Å². The number of benzene rings is 2. The molecule has 1 unspecified atom stereocenters. The molecule has 0 N–H and O–H groups in total. The van der Waals surface area contributed by atoms with Gasteiger partial charge in [-0.05, 0) is 60.8 Å². The van der Waals surface area contributed by atoms with Crippen LogP contribution in [0, 0.1) is 6.92 Å². The minimum Gasteiger partial charge on any atom is -0.497 e. The highest BCUT2D eigenvalue weighted by molar-refractivity contribution is 5.37. The number of morpholine rings is 1. The second kappa shape index (κ2) is 9.06. The van der Waals surface area contributed by atoms with Gasteiger partial charge in [0, 0.05) is 13.1 Å². The van der Waals surface area contributed by atoms with Gasteiger partial charge in [-0.1, -0.05) is 25.1 Å². The molecule has 26 heavy (non-hydrogen) atoms. The summed E-state index contributed by atoms with van der Waals surface area (Å²) in [6.45, 7) is 8.84. The third kappa shape index (κ3) is 4.77. The summed E-state index contributed by atoms with van der Waals surface area (Å²) < 4.78 is 17.2. The van der Waals surface area contributed by atoms with E-state index in [0.717, 1.165) is 43.3 Å². The molecule has 1 fully saturated rings. The van der Waals surface area contributed by atoms with Crippen LogP contribution in [0.4, 0.5) is 0 Å². The summed E-state index contributed by atoms with van der Waals surface area (Å²) >= 11 is 0. The van der Waals surface area contributed by atoms with Gasteiger partial charge < -0.3 is 14.2 Å². The Labute approximate surface area is 156 Å². The number of rotatable bonds is 7. The van der Waals surface area contributed by atoms with E-state index in [1.165, 1.54) is 17.5 Å². The molecular weight excluding hydrogens is 326 g/mol. The van der Waals surface area contributed by atoms with Crippen molar-refractivity contribution in [3.63, 3.8) is 0 Å². The van der Waals surface area contributed by atoms with E-state index in [1.807, 2.05) is 30.3 Å². The summed E-state index contributed by atoms with van der Waals surface area (Å²) in [5.74, 6) is 1.74. The Kier molecular flexibility index (Phi) is 6.53. The highest BCUT2D eigenvalue weighted by Gasteiger charge is 2.22. The summed E-state index contributed by atoms with van der Waals surface area (Å²) in [7, 11) is 1.68. The van der Waals surface area contributed by atoms with Crippen molar-refractivity contribution in [2.75, 3.05) is 33.4 Å². The molecule has 4 nitrogen and oxygen atoms in total. The first-order chi connectivity index (χ1) is 12.7. The number of hydrogen-bond donors (Lipinski definition) is 0. The highest BCUT2D eigenvalue weighted by atomic mass is 16.5. The first-order valence-corrected chi connectivity index (χ1v) is 9.40. The predicted molar refractivity (Wildman–Crippen MR) is 104 cm³/mol. The predicted octanol–water partition coefficient (Wildman–Crippen LogP) is 4.37. The Morgan fingerprint density at radius 2 is 2.04 bits per heavy atom. The average Bonchev–Trinajstić information content (AvgIpc) is 2.67. The summed E-state index contributed by atoms with van der Waals surface area (Å²) in [5.41, 5.74) is 3.58. The zero-order valence-corrected chi connectivity index (χ0v) is 16.0. The number of aryl methyl sites for hydroxylation is 1. The maximum atomic E-state index is 6.02. The standard InChI is InChI=1S/C22H29NO3/c1-4-10-23-11-12-25-22(15-23)21-9-8-20(13-17(21)2)26-16-18-6-5-7-19(14-18)24-3/h5-9,13-14,22H,4,10-12,15-16H2,1-3H3. The number of ether oxygens (including phenoxy) is 3. The van der Waals surface area contributed by atoms with Crippen molar-refractivity contribution >= 4 is 0 Å². The van der Waals surface area contributed by atoms with Crippen molar-refractivity contribution in [2.24, 2.45) is 0 Å². The van der Waals surface area contributed by atoms with Crippen LogP contribution in [0.3, 0.4) is 0 Å². The third-order valence-corrected chi connectivity index (χ3v) is 4.82. The van der Waals surface area contributed by atoms with Crippen LogP contribution in [-0.4, -0.2) is 38.3 Å². The van der Waals surface area contributed by atoms with Gasteiger partial charge in [-0.25, -0.2) is 0 Å². The second-order valence-corrected chi connectivity index (χ2v) is 6.82. The van der Waals surface area contributed by atoms with Crippen molar-refractivity contribution in [1.29, 1.82) is 0 Å². The quantitative estimate of drug-likeness (QED) is 0.738. The van der Waals surface area contributed by atoms with Crippen LogP contribution in [0.5, 0.6) is 11.5 Å². The van der Waals surface area contributed by atoms with Gasteiger partial charge in [0.05, 0.1) is 19.8 Å². The van der Waals surface area contributed by atoms with Crippen LogP contribution >= 0.6 is 0 Å². The van der Waals surface area contributed by atoms with Crippen LogP contribution in [0.25, 0.3) is 0 Å². The van der Waals surface area contributed by atoms with E-state index in [9.17, 15) is 0 Å². The minimum atomic E-state index is 0.155.